The van der Waals surface area contributed by atoms with Crippen molar-refractivity contribution >= 4 is 12.1 Å². The largest absolute Gasteiger partial charge is 0.477 e. The summed E-state index contributed by atoms with van der Waals surface area (Å²) in [6.45, 7) is 0.0293. The van der Waals surface area contributed by atoms with E-state index in [1.807, 2.05) is 54.5 Å². The Hall–Kier alpha value is -4.32. The number of alkyl carbamates (subject to hydrolysis) is 1. The van der Waals surface area contributed by atoms with E-state index in [-0.39, 0.29) is 25.5 Å². The van der Waals surface area contributed by atoms with Crippen molar-refractivity contribution in [3.63, 3.8) is 0 Å². The Kier molecular flexibility index (Phi) is 6.73. The molecule has 0 atom stereocenters. The molecule has 178 valence electrons. The van der Waals surface area contributed by atoms with Gasteiger partial charge in [-0.15, -0.1) is 0 Å². The third-order valence-electron chi connectivity index (χ3n) is 5.55. The van der Waals surface area contributed by atoms with Crippen LogP contribution in [0.3, 0.4) is 0 Å². The molecule has 2 N–H and O–H groups in total. The summed E-state index contributed by atoms with van der Waals surface area (Å²) >= 11 is 0. The maximum atomic E-state index is 13.9. The van der Waals surface area contributed by atoms with Crippen LogP contribution in [0.1, 0.15) is 39.4 Å². The highest BCUT2D eigenvalue weighted by atomic mass is 19.2. The van der Waals surface area contributed by atoms with E-state index in [0.717, 1.165) is 22.3 Å². The summed E-state index contributed by atoms with van der Waals surface area (Å²) < 4.78 is 60.6. The maximum absolute atomic E-state index is 13.9. The number of aromatic carboxylic acids is 1. The molecule has 0 aromatic heterocycles. The molecule has 0 radical (unpaired) electrons. The number of carboxylic acids is 1. The van der Waals surface area contributed by atoms with Crippen LogP contribution >= 0.6 is 0 Å². The van der Waals surface area contributed by atoms with Crippen molar-refractivity contribution < 1.29 is 37.0 Å². The number of carbonyl (C=O) groups excluding carboxylic acids is 1. The Balaban J connectivity index is 1.34. The summed E-state index contributed by atoms with van der Waals surface area (Å²) in [5, 5.41) is 11.1. The molecule has 4 rings (SSSR count). The zero-order chi connectivity index (χ0) is 25.1. The number of hydrogen-bond acceptors (Lipinski definition) is 3. The minimum Gasteiger partial charge on any atom is -0.477 e. The molecule has 5 nitrogen and oxygen atoms in total. The van der Waals surface area contributed by atoms with Gasteiger partial charge in [-0.2, -0.15) is 0 Å². The lowest BCUT2D eigenvalue weighted by Gasteiger charge is -2.14. The van der Waals surface area contributed by atoms with Gasteiger partial charge in [0.05, 0.1) is 0 Å². The van der Waals surface area contributed by atoms with E-state index < -0.39 is 46.5 Å². The fourth-order valence-corrected chi connectivity index (χ4v) is 3.96. The van der Waals surface area contributed by atoms with Crippen molar-refractivity contribution in [2.75, 3.05) is 13.2 Å². The predicted molar refractivity (Wildman–Crippen MR) is 118 cm³/mol. The Morgan fingerprint density at radius 1 is 0.886 bits per heavy atom. The molecule has 1 aliphatic rings. The summed E-state index contributed by atoms with van der Waals surface area (Å²) in [5.41, 5.74) is 1.29. The standard InChI is InChI=1S/C26H17F4NO4/c27-21-18(22(28)24(30)20(23(21)29)25(32)33)11-5-6-12-31-26(34)35-13-19-16-9-3-1-7-14(16)15-8-2-4-10-17(15)19/h1-4,7-10,19H,6,12-13H2,(H,31,34)(H,32,33). The van der Waals surface area contributed by atoms with Crippen molar-refractivity contribution in [1.82, 2.24) is 5.32 Å². The van der Waals surface area contributed by atoms with Crippen molar-refractivity contribution in [2.24, 2.45) is 0 Å². The SMILES string of the molecule is O=C(NCCC#Cc1c(F)c(F)c(C(=O)O)c(F)c1F)OCC1c2ccccc2-c2ccccc21. The van der Waals surface area contributed by atoms with Crippen LogP contribution in [-0.4, -0.2) is 30.3 Å². The van der Waals surface area contributed by atoms with Gasteiger partial charge in [-0.05, 0) is 22.3 Å². The second-order valence-corrected chi connectivity index (χ2v) is 7.62. The first kappa shape index (κ1) is 23.8. The normalized spacial score (nSPS) is 11.8. The maximum Gasteiger partial charge on any atom is 0.407 e. The van der Waals surface area contributed by atoms with Gasteiger partial charge in [0.1, 0.15) is 17.7 Å². The fraction of sp³-hybridized carbons (Fsp3) is 0.154. The summed E-state index contributed by atoms with van der Waals surface area (Å²) in [6, 6.07) is 15.7. The first-order valence-corrected chi connectivity index (χ1v) is 10.5. The predicted octanol–water partition coefficient (Wildman–Crippen LogP) is 5.22. The van der Waals surface area contributed by atoms with Crippen LogP contribution < -0.4 is 5.32 Å². The third-order valence-corrected chi connectivity index (χ3v) is 5.55. The topological polar surface area (TPSA) is 75.6 Å². The molecule has 1 amide bonds. The van der Waals surface area contributed by atoms with Gasteiger partial charge >= 0.3 is 12.1 Å². The molecule has 0 heterocycles. The quantitative estimate of drug-likeness (QED) is 0.226. The molecule has 9 heteroatoms. The average Bonchev–Trinajstić information content (AvgIpc) is 3.17. The first-order chi connectivity index (χ1) is 16.8. The number of halogens is 4. The molecule has 35 heavy (non-hydrogen) atoms. The Morgan fingerprint density at radius 2 is 1.43 bits per heavy atom. The molecule has 0 fully saturated rings. The van der Waals surface area contributed by atoms with Crippen LogP contribution in [0.15, 0.2) is 48.5 Å². The number of benzene rings is 3. The highest BCUT2D eigenvalue weighted by Gasteiger charge is 2.29. The van der Waals surface area contributed by atoms with Crippen LogP contribution in [0.4, 0.5) is 22.4 Å². The lowest BCUT2D eigenvalue weighted by Crippen LogP contribution is -2.26. The van der Waals surface area contributed by atoms with Gasteiger partial charge in [0, 0.05) is 18.9 Å². The average molecular weight is 483 g/mol. The zero-order valence-corrected chi connectivity index (χ0v) is 18.0. The van der Waals surface area contributed by atoms with Gasteiger partial charge in [-0.25, -0.2) is 27.2 Å². The van der Waals surface area contributed by atoms with E-state index in [1.165, 1.54) is 0 Å². The Labute approximate surface area is 197 Å². The van der Waals surface area contributed by atoms with Crippen molar-refractivity contribution in [3.05, 3.63) is 94.1 Å². The summed E-state index contributed by atoms with van der Waals surface area (Å²) in [5.74, 6) is -5.95. The van der Waals surface area contributed by atoms with Crippen LogP contribution in [-0.2, 0) is 4.74 Å². The number of amides is 1. The molecule has 1 aliphatic carbocycles. The highest BCUT2D eigenvalue weighted by Crippen LogP contribution is 2.44. The molecule has 0 aliphatic heterocycles. The summed E-state index contributed by atoms with van der Waals surface area (Å²) in [7, 11) is 0. The molecule has 0 bridgehead atoms. The molecular formula is C26H17F4NO4. The molecule has 0 spiro atoms. The molecular weight excluding hydrogens is 466 g/mol. The van der Waals surface area contributed by atoms with Gasteiger partial charge in [-0.3, -0.25) is 0 Å². The minimum atomic E-state index is -2.15. The lowest BCUT2D eigenvalue weighted by atomic mass is 9.98. The molecule has 0 saturated heterocycles. The number of nitrogens with one attached hydrogen (secondary N) is 1. The number of carboxylic acid groups (broad SMARTS) is 1. The zero-order valence-electron chi connectivity index (χ0n) is 18.0. The highest BCUT2D eigenvalue weighted by molar-refractivity contribution is 5.88. The Bertz CT molecular complexity index is 1320. The number of carbonyl (C=O) groups is 2. The number of ether oxygens (including phenoxy) is 1. The minimum absolute atomic E-state index is 0.0644. The number of rotatable bonds is 5. The van der Waals surface area contributed by atoms with Gasteiger partial charge in [-0.1, -0.05) is 60.4 Å². The molecule has 0 unspecified atom stereocenters. The van der Waals surface area contributed by atoms with E-state index in [4.69, 9.17) is 9.84 Å². The van der Waals surface area contributed by atoms with E-state index in [1.54, 1.807) is 0 Å². The number of fused-ring (bicyclic) bond motifs is 3. The van der Waals surface area contributed by atoms with Crippen molar-refractivity contribution in [3.8, 4) is 23.0 Å². The van der Waals surface area contributed by atoms with Crippen molar-refractivity contribution in [1.29, 1.82) is 0 Å². The van der Waals surface area contributed by atoms with Gasteiger partial charge in [0.25, 0.3) is 0 Å². The van der Waals surface area contributed by atoms with Crippen LogP contribution in [0, 0.1) is 35.1 Å². The van der Waals surface area contributed by atoms with E-state index in [0.29, 0.717) is 0 Å². The van der Waals surface area contributed by atoms with Crippen molar-refractivity contribution in [2.45, 2.75) is 12.3 Å². The smallest absolute Gasteiger partial charge is 0.407 e. The lowest BCUT2D eigenvalue weighted by molar-refractivity contribution is 0.0683. The third kappa shape index (κ3) is 4.55. The molecule has 3 aromatic rings. The van der Waals surface area contributed by atoms with E-state index in [9.17, 15) is 27.2 Å². The van der Waals surface area contributed by atoms with Crippen LogP contribution in [0.25, 0.3) is 11.1 Å². The van der Waals surface area contributed by atoms with Gasteiger partial charge in [0.2, 0.25) is 0 Å². The fourth-order valence-electron chi connectivity index (χ4n) is 3.96. The van der Waals surface area contributed by atoms with Gasteiger partial charge in [0.15, 0.2) is 23.3 Å². The summed E-state index contributed by atoms with van der Waals surface area (Å²) in [6.07, 6.45) is -0.846. The second-order valence-electron chi connectivity index (χ2n) is 7.62. The van der Waals surface area contributed by atoms with Crippen LogP contribution in [0.2, 0.25) is 0 Å². The second kappa shape index (κ2) is 9.89. The van der Waals surface area contributed by atoms with Gasteiger partial charge < -0.3 is 15.2 Å². The monoisotopic (exact) mass is 483 g/mol. The Morgan fingerprint density at radius 3 is 1.97 bits per heavy atom. The van der Waals surface area contributed by atoms with E-state index in [2.05, 4.69) is 11.2 Å². The summed E-state index contributed by atoms with van der Waals surface area (Å²) in [4.78, 5) is 22.9. The molecule has 3 aromatic carbocycles. The number of hydrogen-bond donors (Lipinski definition) is 2. The van der Waals surface area contributed by atoms with Crippen LogP contribution in [0.5, 0.6) is 0 Å². The van der Waals surface area contributed by atoms with E-state index >= 15 is 0 Å². The first-order valence-electron chi connectivity index (χ1n) is 10.5. The molecule has 0 saturated carbocycles.